The summed E-state index contributed by atoms with van der Waals surface area (Å²) in [6, 6.07) is 4.17. The van der Waals surface area contributed by atoms with Crippen molar-refractivity contribution in [1.29, 1.82) is 0 Å². The molecule has 0 aromatic heterocycles. The Morgan fingerprint density at radius 2 is 1.94 bits per heavy atom. The van der Waals surface area contributed by atoms with Crippen molar-refractivity contribution in [2.24, 2.45) is 11.7 Å². The predicted octanol–water partition coefficient (Wildman–Crippen LogP) is 2.93. The SMILES string of the molecule is Cc1ccc(F)c([C@@H](N)[C@@H](O)CCC(C)C)c1. The Morgan fingerprint density at radius 1 is 1.29 bits per heavy atom. The minimum atomic E-state index is -0.686. The lowest BCUT2D eigenvalue weighted by Gasteiger charge is -2.20. The van der Waals surface area contributed by atoms with Crippen molar-refractivity contribution in [2.45, 2.75) is 45.8 Å². The van der Waals surface area contributed by atoms with Gasteiger partial charge in [0, 0.05) is 5.56 Å². The molecule has 0 bridgehead atoms. The number of hydrogen-bond donors (Lipinski definition) is 2. The monoisotopic (exact) mass is 239 g/mol. The molecule has 0 heterocycles. The first-order valence-electron chi connectivity index (χ1n) is 6.11. The zero-order chi connectivity index (χ0) is 13.0. The van der Waals surface area contributed by atoms with Crippen LogP contribution in [0.1, 0.15) is 43.9 Å². The van der Waals surface area contributed by atoms with E-state index in [0.717, 1.165) is 12.0 Å². The molecule has 0 unspecified atom stereocenters. The highest BCUT2D eigenvalue weighted by Crippen LogP contribution is 2.22. The maximum atomic E-state index is 13.6. The first kappa shape index (κ1) is 14.1. The Labute approximate surface area is 103 Å². The van der Waals surface area contributed by atoms with Gasteiger partial charge in [0.15, 0.2) is 0 Å². The molecule has 17 heavy (non-hydrogen) atoms. The summed E-state index contributed by atoms with van der Waals surface area (Å²) in [7, 11) is 0. The van der Waals surface area contributed by atoms with Gasteiger partial charge < -0.3 is 10.8 Å². The van der Waals surface area contributed by atoms with E-state index >= 15 is 0 Å². The number of nitrogens with two attached hydrogens (primary N) is 1. The van der Waals surface area contributed by atoms with Crippen molar-refractivity contribution in [3.05, 3.63) is 35.1 Å². The quantitative estimate of drug-likeness (QED) is 0.830. The fraction of sp³-hybridized carbons (Fsp3) is 0.571. The van der Waals surface area contributed by atoms with Gasteiger partial charge in [-0.3, -0.25) is 0 Å². The van der Waals surface area contributed by atoms with E-state index < -0.39 is 12.1 Å². The third-order valence-electron chi connectivity index (χ3n) is 2.96. The maximum Gasteiger partial charge on any atom is 0.128 e. The zero-order valence-electron chi connectivity index (χ0n) is 10.8. The van der Waals surface area contributed by atoms with E-state index in [2.05, 4.69) is 13.8 Å². The van der Waals surface area contributed by atoms with Crippen LogP contribution in [-0.2, 0) is 0 Å². The van der Waals surface area contributed by atoms with Crippen LogP contribution in [0.2, 0.25) is 0 Å². The van der Waals surface area contributed by atoms with E-state index in [9.17, 15) is 9.50 Å². The van der Waals surface area contributed by atoms with Crippen molar-refractivity contribution < 1.29 is 9.50 Å². The van der Waals surface area contributed by atoms with Crippen molar-refractivity contribution in [2.75, 3.05) is 0 Å². The second-order valence-electron chi connectivity index (χ2n) is 5.09. The summed E-state index contributed by atoms with van der Waals surface area (Å²) in [5.74, 6) is 0.172. The van der Waals surface area contributed by atoms with Crippen LogP contribution >= 0.6 is 0 Å². The Morgan fingerprint density at radius 3 is 2.53 bits per heavy atom. The number of aliphatic hydroxyl groups is 1. The third-order valence-corrected chi connectivity index (χ3v) is 2.96. The normalized spacial score (nSPS) is 15.0. The molecule has 2 atom stereocenters. The van der Waals surface area contributed by atoms with Gasteiger partial charge in [-0.1, -0.05) is 31.5 Å². The van der Waals surface area contributed by atoms with Crippen LogP contribution in [0.25, 0.3) is 0 Å². The first-order valence-corrected chi connectivity index (χ1v) is 6.11. The van der Waals surface area contributed by atoms with E-state index in [1.165, 1.54) is 6.07 Å². The maximum absolute atomic E-state index is 13.6. The van der Waals surface area contributed by atoms with Gasteiger partial charge in [0.1, 0.15) is 5.82 Å². The molecule has 0 saturated carbocycles. The number of rotatable bonds is 5. The highest BCUT2D eigenvalue weighted by Gasteiger charge is 2.20. The highest BCUT2D eigenvalue weighted by molar-refractivity contribution is 5.27. The molecule has 1 aromatic carbocycles. The van der Waals surface area contributed by atoms with Crippen LogP contribution in [0, 0.1) is 18.7 Å². The van der Waals surface area contributed by atoms with E-state index in [4.69, 9.17) is 5.73 Å². The molecule has 3 N–H and O–H groups in total. The minimum absolute atomic E-state index is 0.341. The van der Waals surface area contributed by atoms with E-state index in [1.54, 1.807) is 12.1 Å². The molecule has 2 nitrogen and oxygen atoms in total. The molecule has 0 saturated heterocycles. The number of benzene rings is 1. The Bertz CT molecular complexity index is 365. The summed E-state index contributed by atoms with van der Waals surface area (Å²) >= 11 is 0. The topological polar surface area (TPSA) is 46.2 Å². The van der Waals surface area contributed by atoms with Gasteiger partial charge >= 0.3 is 0 Å². The number of halogens is 1. The van der Waals surface area contributed by atoms with Gasteiger partial charge in [0.25, 0.3) is 0 Å². The molecule has 3 heteroatoms. The molecule has 0 radical (unpaired) electrons. The predicted molar refractivity (Wildman–Crippen MR) is 68.1 cm³/mol. The molecular formula is C14H22FNO. The Hall–Kier alpha value is -0.930. The second-order valence-corrected chi connectivity index (χ2v) is 5.09. The first-order chi connectivity index (χ1) is 7.91. The summed E-state index contributed by atoms with van der Waals surface area (Å²) in [6.07, 6.45) is 0.808. The van der Waals surface area contributed by atoms with Gasteiger partial charge in [-0.25, -0.2) is 4.39 Å². The lowest BCUT2D eigenvalue weighted by atomic mass is 9.95. The number of hydrogen-bond acceptors (Lipinski definition) is 2. The smallest absolute Gasteiger partial charge is 0.128 e. The molecule has 0 aliphatic rings. The van der Waals surface area contributed by atoms with Crippen LogP contribution < -0.4 is 5.73 Å². The van der Waals surface area contributed by atoms with Crippen molar-refractivity contribution in [3.63, 3.8) is 0 Å². The third kappa shape index (κ3) is 4.10. The highest BCUT2D eigenvalue weighted by atomic mass is 19.1. The van der Waals surface area contributed by atoms with E-state index in [0.29, 0.717) is 17.9 Å². The Kier molecular flexibility index (Phi) is 5.09. The average Bonchev–Trinajstić information content (AvgIpc) is 2.28. The van der Waals surface area contributed by atoms with Crippen LogP contribution in [0.4, 0.5) is 4.39 Å². The second kappa shape index (κ2) is 6.12. The molecule has 0 spiro atoms. The van der Waals surface area contributed by atoms with Crippen LogP contribution in [0.3, 0.4) is 0 Å². The summed E-state index contributed by atoms with van der Waals surface area (Å²) in [5.41, 5.74) is 7.26. The fourth-order valence-electron chi connectivity index (χ4n) is 1.81. The lowest BCUT2D eigenvalue weighted by molar-refractivity contribution is 0.127. The lowest BCUT2D eigenvalue weighted by Crippen LogP contribution is -2.27. The van der Waals surface area contributed by atoms with Crippen LogP contribution in [-0.4, -0.2) is 11.2 Å². The fourth-order valence-corrected chi connectivity index (χ4v) is 1.81. The van der Waals surface area contributed by atoms with Gasteiger partial charge in [-0.2, -0.15) is 0 Å². The van der Waals surface area contributed by atoms with Gasteiger partial charge in [0.2, 0.25) is 0 Å². The molecule has 0 fully saturated rings. The van der Waals surface area contributed by atoms with Crippen LogP contribution in [0.15, 0.2) is 18.2 Å². The van der Waals surface area contributed by atoms with Crippen molar-refractivity contribution in [1.82, 2.24) is 0 Å². The molecule has 96 valence electrons. The molecule has 1 rings (SSSR count). The van der Waals surface area contributed by atoms with Gasteiger partial charge in [-0.15, -0.1) is 0 Å². The molecule has 0 aliphatic heterocycles. The minimum Gasteiger partial charge on any atom is -0.391 e. The zero-order valence-corrected chi connectivity index (χ0v) is 10.8. The average molecular weight is 239 g/mol. The summed E-state index contributed by atoms with van der Waals surface area (Å²) in [6.45, 7) is 6.06. The largest absolute Gasteiger partial charge is 0.391 e. The standard InChI is InChI=1S/C14H22FNO/c1-9(2)4-7-13(17)14(16)11-8-10(3)5-6-12(11)15/h5-6,8-9,13-14,17H,4,7,16H2,1-3H3/t13-,14+/m0/s1. The Balaban J connectivity index is 2.74. The number of aryl methyl sites for hydroxylation is 1. The van der Waals surface area contributed by atoms with Crippen LogP contribution in [0.5, 0.6) is 0 Å². The van der Waals surface area contributed by atoms with Gasteiger partial charge in [0.05, 0.1) is 12.1 Å². The van der Waals surface area contributed by atoms with E-state index in [1.807, 2.05) is 6.92 Å². The molecular weight excluding hydrogens is 217 g/mol. The summed E-state index contributed by atoms with van der Waals surface area (Å²) < 4.78 is 13.6. The van der Waals surface area contributed by atoms with E-state index in [-0.39, 0.29) is 5.82 Å². The summed E-state index contributed by atoms with van der Waals surface area (Å²) in [5, 5.41) is 9.94. The molecule has 0 amide bonds. The molecule has 0 aliphatic carbocycles. The van der Waals surface area contributed by atoms with Gasteiger partial charge in [-0.05, 0) is 31.7 Å². The number of aliphatic hydroxyl groups excluding tert-OH is 1. The molecule has 1 aromatic rings. The summed E-state index contributed by atoms with van der Waals surface area (Å²) in [4.78, 5) is 0. The van der Waals surface area contributed by atoms with Crippen molar-refractivity contribution >= 4 is 0 Å². The van der Waals surface area contributed by atoms with Crippen molar-refractivity contribution in [3.8, 4) is 0 Å².